The van der Waals surface area contributed by atoms with Gasteiger partial charge in [0.2, 0.25) is 0 Å². The summed E-state index contributed by atoms with van der Waals surface area (Å²) >= 11 is 0. The number of carbonyl (C=O) groups excluding carboxylic acids is 1. The Kier molecular flexibility index (Phi) is 4.46. The van der Waals surface area contributed by atoms with Crippen molar-refractivity contribution in [2.75, 3.05) is 4.90 Å². The summed E-state index contributed by atoms with van der Waals surface area (Å²) in [6.45, 7) is 1.92. The minimum absolute atomic E-state index is 0.0624. The summed E-state index contributed by atoms with van der Waals surface area (Å²) in [5, 5.41) is 13.3. The number of rotatable bonds is 4. The average molecular weight is 405 g/mol. The van der Waals surface area contributed by atoms with Gasteiger partial charge in [0.05, 0.1) is 11.8 Å². The number of piperidine rings is 1. The second kappa shape index (κ2) is 7.16. The number of nitrogens with zero attached hydrogens (tertiary/aromatic N) is 2. The van der Waals surface area contributed by atoms with Crippen molar-refractivity contribution in [3.8, 4) is 0 Å². The first-order chi connectivity index (χ1) is 14.5. The standard InChI is InChI=1S/C23H23N3O4/c1-13-19(6-2-14-8-9-30-21(13)14)22(27)25-16-10-17-4-5-18(11-16)26(17)20-7-3-15(12-24-20)23(28)29/h2-3,6-9,12,16-18H,4-5,10-11H2,1H3,(H,25,27)(H,28,29)/t16-,17+,18-. The van der Waals surface area contributed by atoms with Gasteiger partial charge < -0.3 is 19.7 Å². The molecule has 2 aliphatic heterocycles. The molecule has 1 aromatic carbocycles. The molecule has 2 fully saturated rings. The molecule has 0 unspecified atom stereocenters. The molecule has 0 radical (unpaired) electrons. The van der Waals surface area contributed by atoms with E-state index in [0.29, 0.717) is 17.6 Å². The number of amides is 1. The van der Waals surface area contributed by atoms with E-state index in [1.807, 2.05) is 25.1 Å². The number of carboxylic acid groups (broad SMARTS) is 1. The molecule has 30 heavy (non-hydrogen) atoms. The van der Waals surface area contributed by atoms with Crippen LogP contribution in [0.2, 0.25) is 0 Å². The zero-order chi connectivity index (χ0) is 20.8. The zero-order valence-corrected chi connectivity index (χ0v) is 16.7. The molecule has 154 valence electrons. The SMILES string of the molecule is Cc1c(C(=O)N[C@H]2C[C@H]3CC[C@@H](C2)N3c2ccc(C(=O)O)cn2)ccc2ccoc12. The summed E-state index contributed by atoms with van der Waals surface area (Å²) in [5.74, 6) is -0.217. The van der Waals surface area contributed by atoms with Crippen molar-refractivity contribution >= 4 is 28.7 Å². The van der Waals surface area contributed by atoms with Gasteiger partial charge in [-0.25, -0.2) is 9.78 Å². The predicted molar refractivity (Wildman–Crippen MR) is 112 cm³/mol. The third-order valence-electron chi connectivity index (χ3n) is 6.44. The fourth-order valence-electron chi connectivity index (χ4n) is 5.02. The number of aromatic carboxylic acids is 1. The van der Waals surface area contributed by atoms with E-state index < -0.39 is 5.97 Å². The Balaban J connectivity index is 1.30. The van der Waals surface area contributed by atoms with E-state index >= 15 is 0 Å². The number of nitrogens with one attached hydrogen (secondary N) is 1. The molecule has 7 heteroatoms. The molecule has 5 rings (SSSR count). The van der Waals surface area contributed by atoms with Gasteiger partial charge in [-0.1, -0.05) is 6.07 Å². The fourth-order valence-corrected chi connectivity index (χ4v) is 5.02. The smallest absolute Gasteiger partial charge is 0.337 e. The largest absolute Gasteiger partial charge is 0.478 e. The Morgan fingerprint density at radius 1 is 1.13 bits per heavy atom. The molecule has 3 atom stereocenters. The van der Waals surface area contributed by atoms with Crippen LogP contribution in [0.1, 0.15) is 52.0 Å². The summed E-state index contributed by atoms with van der Waals surface area (Å²) in [5.41, 5.74) is 2.46. The van der Waals surface area contributed by atoms with Gasteiger partial charge in [-0.05, 0) is 56.9 Å². The number of carboxylic acids is 1. The number of pyridine rings is 1. The number of furan rings is 1. The van der Waals surface area contributed by atoms with E-state index in [9.17, 15) is 9.59 Å². The summed E-state index contributed by atoms with van der Waals surface area (Å²) < 4.78 is 5.53. The summed E-state index contributed by atoms with van der Waals surface area (Å²) in [7, 11) is 0. The number of hydrogen-bond donors (Lipinski definition) is 2. The van der Waals surface area contributed by atoms with Crippen molar-refractivity contribution in [3.05, 3.63) is 59.5 Å². The monoisotopic (exact) mass is 405 g/mol. The van der Waals surface area contributed by atoms with Crippen LogP contribution in [-0.4, -0.2) is 40.1 Å². The number of anilines is 1. The minimum atomic E-state index is -0.971. The summed E-state index contributed by atoms with van der Waals surface area (Å²) in [6, 6.07) is 9.77. The zero-order valence-electron chi connectivity index (χ0n) is 16.7. The molecular weight excluding hydrogens is 382 g/mol. The topological polar surface area (TPSA) is 95.7 Å². The van der Waals surface area contributed by atoms with Crippen LogP contribution < -0.4 is 10.2 Å². The van der Waals surface area contributed by atoms with Gasteiger partial charge in [0, 0.05) is 40.8 Å². The number of hydrogen-bond acceptors (Lipinski definition) is 5. The lowest BCUT2D eigenvalue weighted by atomic mass is 9.96. The highest BCUT2D eigenvalue weighted by atomic mass is 16.4. The lowest BCUT2D eigenvalue weighted by Crippen LogP contribution is -2.50. The molecule has 0 spiro atoms. The molecule has 4 heterocycles. The first-order valence-corrected chi connectivity index (χ1v) is 10.3. The molecule has 1 amide bonds. The predicted octanol–water partition coefficient (Wildman–Crippen LogP) is 3.76. The molecule has 0 aliphatic carbocycles. The molecule has 2 aliphatic rings. The van der Waals surface area contributed by atoms with Crippen molar-refractivity contribution in [1.29, 1.82) is 0 Å². The van der Waals surface area contributed by atoms with Crippen LogP contribution in [0.5, 0.6) is 0 Å². The van der Waals surface area contributed by atoms with E-state index in [-0.39, 0.29) is 17.5 Å². The molecular formula is C23H23N3O4. The second-order valence-corrected chi connectivity index (χ2v) is 8.22. The molecule has 2 saturated heterocycles. The fraction of sp³-hybridized carbons (Fsp3) is 0.348. The van der Waals surface area contributed by atoms with Crippen molar-refractivity contribution in [2.24, 2.45) is 0 Å². The molecule has 7 nitrogen and oxygen atoms in total. The van der Waals surface area contributed by atoms with Gasteiger partial charge in [0.15, 0.2) is 0 Å². The van der Waals surface area contributed by atoms with Crippen LogP contribution in [0.25, 0.3) is 11.0 Å². The van der Waals surface area contributed by atoms with Gasteiger partial charge >= 0.3 is 5.97 Å². The van der Waals surface area contributed by atoms with Crippen molar-refractivity contribution < 1.29 is 19.1 Å². The number of aryl methyl sites for hydroxylation is 1. The van der Waals surface area contributed by atoms with Gasteiger partial charge in [0.25, 0.3) is 5.91 Å². The lowest BCUT2D eigenvalue weighted by Gasteiger charge is -2.40. The quantitative estimate of drug-likeness (QED) is 0.686. The normalized spacial score (nSPS) is 23.0. The maximum Gasteiger partial charge on any atom is 0.337 e. The number of aromatic nitrogens is 1. The van der Waals surface area contributed by atoms with Crippen LogP contribution in [0.15, 0.2) is 47.2 Å². The van der Waals surface area contributed by atoms with E-state index in [1.54, 1.807) is 18.4 Å². The highest BCUT2D eigenvalue weighted by Gasteiger charge is 2.41. The number of carbonyl (C=O) groups is 2. The number of benzene rings is 1. The minimum Gasteiger partial charge on any atom is -0.478 e. The Bertz CT molecular complexity index is 1110. The van der Waals surface area contributed by atoms with E-state index in [4.69, 9.17) is 9.52 Å². The highest BCUT2D eigenvalue weighted by Crippen LogP contribution is 2.38. The van der Waals surface area contributed by atoms with Gasteiger partial charge in [-0.2, -0.15) is 0 Å². The van der Waals surface area contributed by atoms with Crippen molar-refractivity contribution in [3.63, 3.8) is 0 Å². The Labute approximate surface area is 173 Å². The molecule has 3 aromatic rings. The maximum absolute atomic E-state index is 13.0. The Morgan fingerprint density at radius 3 is 2.57 bits per heavy atom. The van der Waals surface area contributed by atoms with E-state index in [1.165, 1.54) is 6.20 Å². The molecule has 2 bridgehead atoms. The van der Waals surface area contributed by atoms with E-state index in [0.717, 1.165) is 48.0 Å². The van der Waals surface area contributed by atoms with Crippen LogP contribution in [-0.2, 0) is 0 Å². The lowest BCUT2D eigenvalue weighted by molar-refractivity contribution is 0.0696. The first-order valence-electron chi connectivity index (χ1n) is 10.3. The summed E-state index contributed by atoms with van der Waals surface area (Å²) in [6.07, 6.45) is 6.87. The van der Waals surface area contributed by atoms with E-state index in [2.05, 4.69) is 15.2 Å². The first kappa shape index (κ1) is 18.7. The Morgan fingerprint density at radius 2 is 1.90 bits per heavy atom. The molecule has 2 N–H and O–H groups in total. The van der Waals surface area contributed by atoms with Crippen molar-refractivity contribution in [1.82, 2.24) is 10.3 Å². The second-order valence-electron chi connectivity index (χ2n) is 8.22. The number of fused-ring (bicyclic) bond motifs is 3. The maximum atomic E-state index is 13.0. The van der Waals surface area contributed by atoms with Crippen LogP contribution in [0.3, 0.4) is 0 Å². The average Bonchev–Trinajstić information content (AvgIpc) is 3.31. The van der Waals surface area contributed by atoms with Gasteiger partial charge in [-0.15, -0.1) is 0 Å². The van der Waals surface area contributed by atoms with Crippen LogP contribution in [0.4, 0.5) is 5.82 Å². The molecule has 0 saturated carbocycles. The van der Waals surface area contributed by atoms with Gasteiger partial charge in [-0.3, -0.25) is 4.79 Å². The highest BCUT2D eigenvalue weighted by molar-refractivity contribution is 6.00. The molecule has 2 aromatic heterocycles. The Hall–Kier alpha value is -3.35. The van der Waals surface area contributed by atoms with Crippen LogP contribution in [0, 0.1) is 6.92 Å². The third-order valence-corrected chi connectivity index (χ3v) is 6.44. The summed E-state index contributed by atoms with van der Waals surface area (Å²) in [4.78, 5) is 30.7. The third kappa shape index (κ3) is 3.10. The van der Waals surface area contributed by atoms with Crippen LogP contribution >= 0.6 is 0 Å². The van der Waals surface area contributed by atoms with Crippen molar-refractivity contribution in [2.45, 2.75) is 50.7 Å². The van der Waals surface area contributed by atoms with Gasteiger partial charge in [0.1, 0.15) is 11.4 Å².